The SMILES string of the molecule is COc1ccc([C@H](CNC(=O)COC(=O)[C@@H]2C[C@@H]2C)c2c[nH]c3ccccc23)cc1. The third-order valence-corrected chi connectivity index (χ3v) is 5.78. The highest BCUT2D eigenvalue weighted by Gasteiger charge is 2.40. The second-order valence-corrected chi connectivity index (χ2v) is 7.85. The maximum Gasteiger partial charge on any atom is 0.309 e. The number of rotatable bonds is 8. The van der Waals surface area contributed by atoms with Crippen LogP contribution in [0.5, 0.6) is 5.75 Å². The molecule has 2 N–H and O–H groups in total. The molecule has 0 unspecified atom stereocenters. The zero-order valence-electron chi connectivity index (χ0n) is 17.2. The first-order chi connectivity index (χ1) is 14.6. The lowest BCUT2D eigenvalue weighted by molar-refractivity contribution is -0.150. The lowest BCUT2D eigenvalue weighted by Gasteiger charge is -2.18. The zero-order valence-corrected chi connectivity index (χ0v) is 17.2. The molecule has 3 atom stereocenters. The van der Waals surface area contributed by atoms with Crippen LogP contribution < -0.4 is 10.1 Å². The van der Waals surface area contributed by atoms with E-state index in [1.807, 2.05) is 55.6 Å². The van der Waals surface area contributed by atoms with Gasteiger partial charge in [0.2, 0.25) is 0 Å². The van der Waals surface area contributed by atoms with Crippen molar-refractivity contribution in [2.24, 2.45) is 11.8 Å². The molecule has 6 heteroatoms. The number of aromatic nitrogens is 1. The van der Waals surface area contributed by atoms with Crippen molar-refractivity contribution in [2.45, 2.75) is 19.3 Å². The van der Waals surface area contributed by atoms with Crippen LogP contribution >= 0.6 is 0 Å². The van der Waals surface area contributed by atoms with Crippen LogP contribution in [-0.2, 0) is 14.3 Å². The summed E-state index contributed by atoms with van der Waals surface area (Å²) in [5.74, 6) is 0.464. The predicted octanol–water partition coefficient (Wildman–Crippen LogP) is 3.62. The van der Waals surface area contributed by atoms with Crippen LogP contribution in [0, 0.1) is 11.8 Å². The van der Waals surface area contributed by atoms with Crippen molar-refractivity contribution in [3.63, 3.8) is 0 Å². The molecule has 1 aromatic heterocycles. The van der Waals surface area contributed by atoms with E-state index in [1.54, 1.807) is 7.11 Å². The topological polar surface area (TPSA) is 80.4 Å². The number of hydrogen-bond donors (Lipinski definition) is 2. The molecule has 1 heterocycles. The van der Waals surface area contributed by atoms with Crippen molar-refractivity contribution in [1.82, 2.24) is 10.3 Å². The molecule has 0 radical (unpaired) electrons. The van der Waals surface area contributed by atoms with Crippen molar-refractivity contribution in [3.8, 4) is 5.75 Å². The molecule has 0 bridgehead atoms. The molecular formula is C24H26N2O4. The fourth-order valence-corrected chi connectivity index (χ4v) is 3.79. The van der Waals surface area contributed by atoms with E-state index in [0.717, 1.165) is 34.2 Å². The number of carbonyl (C=O) groups is 2. The summed E-state index contributed by atoms with van der Waals surface area (Å²) in [6, 6.07) is 15.9. The van der Waals surface area contributed by atoms with Gasteiger partial charge in [-0.3, -0.25) is 9.59 Å². The number of H-pyrrole nitrogens is 1. The van der Waals surface area contributed by atoms with E-state index in [0.29, 0.717) is 12.5 Å². The fourth-order valence-electron chi connectivity index (χ4n) is 3.79. The van der Waals surface area contributed by atoms with E-state index in [-0.39, 0.29) is 30.3 Å². The lowest BCUT2D eigenvalue weighted by atomic mass is 9.91. The molecule has 2 aromatic carbocycles. The minimum atomic E-state index is -0.296. The summed E-state index contributed by atoms with van der Waals surface area (Å²) in [6.07, 6.45) is 2.83. The number of aromatic amines is 1. The molecule has 0 aliphatic heterocycles. The Morgan fingerprint density at radius 3 is 2.60 bits per heavy atom. The van der Waals surface area contributed by atoms with Gasteiger partial charge in [-0.05, 0) is 41.7 Å². The van der Waals surface area contributed by atoms with Crippen LogP contribution in [0.2, 0.25) is 0 Å². The average Bonchev–Trinajstić information content (AvgIpc) is 3.36. The molecular weight excluding hydrogens is 380 g/mol. The number of benzene rings is 2. The first-order valence-corrected chi connectivity index (χ1v) is 10.2. The Hall–Kier alpha value is -3.28. The molecule has 1 aliphatic carbocycles. The summed E-state index contributed by atoms with van der Waals surface area (Å²) in [5, 5.41) is 4.04. The van der Waals surface area contributed by atoms with Gasteiger partial charge in [0.25, 0.3) is 5.91 Å². The maximum atomic E-state index is 12.3. The van der Waals surface area contributed by atoms with Crippen LogP contribution in [0.25, 0.3) is 10.9 Å². The van der Waals surface area contributed by atoms with Crippen LogP contribution in [0.3, 0.4) is 0 Å². The van der Waals surface area contributed by atoms with Crippen LogP contribution in [0.1, 0.15) is 30.4 Å². The lowest BCUT2D eigenvalue weighted by Crippen LogP contribution is -2.32. The Morgan fingerprint density at radius 1 is 1.17 bits per heavy atom. The van der Waals surface area contributed by atoms with Gasteiger partial charge in [0.05, 0.1) is 13.0 Å². The summed E-state index contributed by atoms with van der Waals surface area (Å²) < 4.78 is 10.4. The summed E-state index contributed by atoms with van der Waals surface area (Å²) in [5.41, 5.74) is 3.20. The Balaban J connectivity index is 1.48. The molecule has 0 saturated heterocycles. The quantitative estimate of drug-likeness (QED) is 0.560. The third kappa shape index (κ3) is 4.32. The van der Waals surface area contributed by atoms with E-state index >= 15 is 0 Å². The summed E-state index contributed by atoms with van der Waals surface area (Å²) in [6.45, 7) is 2.16. The molecule has 1 aliphatic rings. The van der Waals surface area contributed by atoms with Gasteiger partial charge in [0.15, 0.2) is 6.61 Å². The number of fused-ring (bicyclic) bond motifs is 1. The summed E-state index contributed by atoms with van der Waals surface area (Å²) in [4.78, 5) is 27.5. The van der Waals surface area contributed by atoms with Gasteiger partial charge >= 0.3 is 5.97 Å². The molecule has 4 rings (SSSR count). The molecule has 0 spiro atoms. The second-order valence-electron chi connectivity index (χ2n) is 7.85. The highest BCUT2D eigenvalue weighted by molar-refractivity contribution is 5.85. The first-order valence-electron chi connectivity index (χ1n) is 10.2. The van der Waals surface area contributed by atoms with Crippen molar-refractivity contribution in [2.75, 3.05) is 20.3 Å². The number of ether oxygens (including phenoxy) is 2. The largest absolute Gasteiger partial charge is 0.497 e. The van der Waals surface area contributed by atoms with Crippen LogP contribution in [0.4, 0.5) is 0 Å². The number of nitrogens with one attached hydrogen (secondary N) is 2. The fraction of sp³-hybridized carbons (Fsp3) is 0.333. The first kappa shape index (κ1) is 20.0. The van der Waals surface area contributed by atoms with Gasteiger partial charge in [-0.1, -0.05) is 37.3 Å². The van der Waals surface area contributed by atoms with E-state index in [9.17, 15) is 9.59 Å². The van der Waals surface area contributed by atoms with Crippen LogP contribution in [0.15, 0.2) is 54.7 Å². The number of amides is 1. The summed E-state index contributed by atoms with van der Waals surface area (Å²) >= 11 is 0. The standard InChI is InChI=1S/C24H26N2O4/c1-15-11-19(15)24(28)30-14-23(27)26-12-20(16-7-9-17(29-2)10-8-16)21-13-25-22-6-4-3-5-18(21)22/h3-10,13,15,19-20,25H,11-12,14H2,1-2H3,(H,26,27)/t15-,19+,20-/m0/s1. The molecule has 1 amide bonds. The monoisotopic (exact) mass is 406 g/mol. The molecule has 6 nitrogen and oxygen atoms in total. The molecule has 30 heavy (non-hydrogen) atoms. The van der Waals surface area contributed by atoms with E-state index < -0.39 is 0 Å². The van der Waals surface area contributed by atoms with Gasteiger partial charge in [-0.2, -0.15) is 0 Å². The highest BCUT2D eigenvalue weighted by Crippen LogP contribution is 2.38. The number of hydrogen-bond acceptors (Lipinski definition) is 4. The highest BCUT2D eigenvalue weighted by atomic mass is 16.5. The van der Waals surface area contributed by atoms with Crippen molar-refractivity contribution in [3.05, 3.63) is 65.9 Å². The Kier molecular flexibility index (Phi) is 5.74. The summed E-state index contributed by atoms with van der Waals surface area (Å²) in [7, 11) is 1.63. The van der Waals surface area contributed by atoms with Crippen molar-refractivity contribution in [1.29, 1.82) is 0 Å². The number of esters is 1. The average molecular weight is 406 g/mol. The van der Waals surface area contributed by atoms with Gasteiger partial charge in [-0.15, -0.1) is 0 Å². The molecule has 1 fully saturated rings. The predicted molar refractivity (Wildman–Crippen MR) is 114 cm³/mol. The molecule has 3 aromatic rings. The van der Waals surface area contributed by atoms with Gasteiger partial charge in [-0.25, -0.2) is 0 Å². The molecule has 1 saturated carbocycles. The van der Waals surface area contributed by atoms with Crippen LogP contribution in [-0.4, -0.2) is 37.1 Å². The minimum Gasteiger partial charge on any atom is -0.497 e. The van der Waals surface area contributed by atoms with Gasteiger partial charge in [0, 0.05) is 29.6 Å². The van der Waals surface area contributed by atoms with Crippen molar-refractivity contribution >= 4 is 22.8 Å². The Bertz CT molecular complexity index is 1040. The third-order valence-electron chi connectivity index (χ3n) is 5.78. The Labute approximate surface area is 175 Å². The normalized spacial score (nSPS) is 18.6. The zero-order chi connectivity index (χ0) is 21.1. The second kappa shape index (κ2) is 8.61. The van der Waals surface area contributed by atoms with Crippen molar-refractivity contribution < 1.29 is 19.1 Å². The number of para-hydroxylation sites is 1. The molecule has 156 valence electrons. The number of methoxy groups -OCH3 is 1. The van der Waals surface area contributed by atoms with Gasteiger partial charge in [0.1, 0.15) is 5.75 Å². The number of carbonyl (C=O) groups excluding carboxylic acids is 2. The van der Waals surface area contributed by atoms with E-state index in [4.69, 9.17) is 9.47 Å². The smallest absolute Gasteiger partial charge is 0.309 e. The minimum absolute atomic E-state index is 0.0453. The van der Waals surface area contributed by atoms with E-state index in [2.05, 4.69) is 16.4 Å². The van der Waals surface area contributed by atoms with Gasteiger partial charge < -0.3 is 19.8 Å². The Morgan fingerprint density at radius 2 is 1.90 bits per heavy atom. The van der Waals surface area contributed by atoms with E-state index in [1.165, 1.54) is 0 Å². The maximum absolute atomic E-state index is 12.3.